The molecule has 1 fully saturated rings. The minimum absolute atomic E-state index is 0.121. The van der Waals surface area contributed by atoms with Gasteiger partial charge in [-0.1, -0.05) is 6.07 Å². The van der Waals surface area contributed by atoms with Gasteiger partial charge in [-0.25, -0.2) is 4.79 Å². The van der Waals surface area contributed by atoms with Crippen molar-refractivity contribution in [1.29, 1.82) is 0 Å². The molecule has 10 heteroatoms. The molecule has 0 aliphatic carbocycles. The van der Waals surface area contributed by atoms with Gasteiger partial charge in [0.2, 0.25) is 0 Å². The third-order valence-electron chi connectivity index (χ3n) is 4.46. The standard InChI is InChI=1S/C18H21F3N6O/c1-25(2)16-11-15(12-22-24-16)26-6-8-27(9-7-26)17(28)23-14-5-3-4-13(10-14)18(19,20)21/h3-5,10-12H,6-9H2,1-2H3,(H,23,28). The zero-order valence-corrected chi connectivity index (χ0v) is 15.6. The summed E-state index contributed by atoms with van der Waals surface area (Å²) in [5, 5.41) is 10.6. The van der Waals surface area contributed by atoms with Crippen LogP contribution in [0.3, 0.4) is 0 Å². The predicted molar refractivity (Wildman–Crippen MR) is 101 cm³/mol. The highest BCUT2D eigenvalue weighted by Gasteiger charge is 2.30. The summed E-state index contributed by atoms with van der Waals surface area (Å²) in [5.74, 6) is 0.738. The summed E-state index contributed by atoms with van der Waals surface area (Å²) in [6.07, 6.45) is -2.78. The van der Waals surface area contributed by atoms with Crippen LogP contribution in [-0.2, 0) is 6.18 Å². The summed E-state index contributed by atoms with van der Waals surface area (Å²) in [6, 6.07) is 6.12. The first kappa shape index (κ1) is 19.7. The molecular weight excluding hydrogens is 373 g/mol. The summed E-state index contributed by atoms with van der Waals surface area (Å²) in [4.78, 5) is 17.9. The molecule has 150 valence electrons. The molecule has 0 radical (unpaired) electrons. The van der Waals surface area contributed by atoms with Gasteiger partial charge in [0.05, 0.1) is 17.4 Å². The third-order valence-corrected chi connectivity index (χ3v) is 4.46. The number of urea groups is 1. The lowest BCUT2D eigenvalue weighted by Crippen LogP contribution is -2.50. The van der Waals surface area contributed by atoms with Gasteiger partial charge in [-0.3, -0.25) is 0 Å². The van der Waals surface area contributed by atoms with E-state index in [1.54, 1.807) is 11.1 Å². The van der Waals surface area contributed by atoms with E-state index < -0.39 is 17.8 Å². The van der Waals surface area contributed by atoms with Gasteiger partial charge in [0.1, 0.15) is 0 Å². The second-order valence-electron chi connectivity index (χ2n) is 6.65. The minimum Gasteiger partial charge on any atom is -0.367 e. The number of alkyl halides is 3. The van der Waals surface area contributed by atoms with E-state index in [9.17, 15) is 18.0 Å². The zero-order valence-electron chi connectivity index (χ0n) is 15.6. The van der Waals surface area contributed by atoms with Gasteiger partial charge in [-0.2, -0.15) is 18.3 Å². The highest BCUT2D eigenvalue weighted by atomic mass is 19.4. The lowest BCUT2D eigenvalue weighted by atomic mass is 10.2. The Labute approximate surface area is 160 Å². The van der Waals surface area contributed by atoms with Crippen LogP contribution in [0.5, 0.6) is 0 Å². The highest BCUT2D eigenvalue weighted by molar-refractivity contribution is 5.89. The summed E-state index contributed by atoms with van der Waals surface area (Å²) in [5.41, 5.74) is 0.241. The van der Waals surface area contributed by atoms with Gasteiger partial charge in [0.25, 0.3) is 0 Å². The molecule has 1 aromatic carbocycles. The number of carbonyl (C=O) groups is 1. The maximum Gasteiger partial charge on any atom is 0.416 e. The number of anilines is 3. The van der Waals surface area contributed by atoms with E-state index in [1.807, 2.05) is 25.1 Å². The van der Waals surface area contributed by atoms with Crippen LogP contribution < -0.4 is 15.1 Å². The van der Waals surface area contributed by atoms with E-state index >= 15 is 0 Å². The molecule has 28 heavy (non-hydrogen) atoms. The molecule has 1 N–H and O–H groups in total. The molecule has 1 aliphatic heterocycles. The number of halogens is 3. The summed E-state index contributed by atoms with van der Waals surface area (Å²) < 4.78 is 38.4. The Morgan fingerprint density at radius 1 is 1.14 bits per heavy atom. The molecule has 1 aliphatic rings. The Hall–Kier alpha value is -3.04. The zero-order chi connectivity index (χ0) is 20.3. The number of benzene rings is 1. The molecule has 3 rings (SSSR count). The SMILES string of the molecule is CN(C)c1cc(N2CCN(C(=O)Nc3cccc(C(F)(F)F)c3)CC2)cnn1. The van der Waals surface area contributed by atoms with Crippen LogP contribution in [-0.4, -0.2) is 61.4 Å². The maximum atomic E-state index is 12.8. The Bertz CT molecular complexity index is 834. The van der Waals surface area contributed by atoms with Gasteiger partial charge in [0, 0.05) is 52.0 Å². The number of piperazine rings is 1. The van der Waals surface area contributed by atoms with Crippen molar-refractivity contribution in [2.24, 2.45) is 0 Å². The molecule has 2 amide bonds. The quantitative estimate of drug-likeness (QED) is 0.867. The highest BCUT2D eigenvalue weighted by Crippen LogP contribution is 2.30. The van der Waals surface area contributed by atoms with E-state index in [1.165, 1.54) is 12.1 Å². The third kappa shape index (κ3) is 4.62. The molecule has 0 bridgehead atoms. The van der Waals surface area contributed by atoms with Crippen molar-refractivity contribution < 1.29 is 18.0 Å². The van der Waals surface area contributed by atoms with Gasteiger partial charge in [0.15, 0.2) is 5.82 Å². The molecule has 2 aromatic rings. The van der Waals surface area contributed by atoms with Gasteiger partial charge in [-0.05, 0) is 18.2 Å². The van der Waals surface area contributed by atoms with Crippen molar-refractivity contribution in [3.8, 4) is 0 Å². The number of nitrogens with zero attached hydrogens (tertiary/aromatic N) is 5. The smallest absolute Gasteiger partial charge is 0.367 e. The van der Waals surface area contributed by atoms with Crippen molar-refractivity contribution in [3.63, 3.8) is 0 Å². The fourth-order valence-corrected chi connectivity index (χ4v) is 2.88. The molecular formula is C18H21F3N6O. The first-order valence-electron chi connectivity index (χ1n) is 8.72. The first-order valence-corrected chi connectivity index (χ1v) is 8.72. The van der Waals surface area contributed by atoms with Crippen molar-refractivity contribution >= 4 is 23.2 Å². The van der Waals surface area contributed by atoms with E-state index in [-0.39, 0.29) is 5.69 Å². The number of hydrogen-bond donors (Lipinski definition) is 1. The number of hydrogen-bond acceptors (Lipinski definition) is 5. The van der Waals surface area contributed by atoms with E-state index in [4.69, 9.17) is 0 Å². The molecule has 0 saturated carbocycles. The van der Waals surface area contributed by atoms with Gasteiger partial charge >= 0.3 is 12.2 Å². The Morgan fingerprint density at radius 3 is 2.50 bits per heavy atom. The lowest BCUT2D eigenvalue weighted by Gasteiger charge is -2.36. The summed E-state index contributed by atoms with van der Waals surface area (Å²) in [6.45, 7) is 2.08. The van der Waals surface area contributed by atoms with Gasteiger partial charge < -0.3 is 20.0 Å². The fourth-order valence-electron chi connectivity index (χ4n) is 2.88. The number of rotatable bonds is 3. The van der Waals surface area contributed by atoms with Crippen LogP contribution in [0.2, 0.25) is 0 Å². The molecule has 0 unspecified atom stereocenters. The minimum atomic E-state index is -4.45. The number of carbonyl (C=O) groups excluding carboxylic acids is 1. The van der Waals surface area contributed by atoms with Crippen LogP contribution >= 0.6 is 0 Å². The average Bonchev–Trinajstić information content (AvgIpc) is 2.68. The molecule has 2 heterocycles. The topological polar surface area (TPSA) is 64.6 Å². The van der Waals surface area contributed by atoms with Crippen molar-refractivity contribution in [3.05, 3.63) is 42.1 Å². The Balaban J connectivity index is 1.59. The van der Waals surface area contributed by atoms with Crippen LogP contribution in [0.15, 0.2) is 36.5 Å². The van der Waals surface area contributed by atoms with E-state index in [2.05, 4.69) is 20.4 Å². The van der Waals surface area contributed by atoms with Gasteiger partial charge in [-0.15, -0.1) is 5.10 Å². The van der Waals surface area contributed by atoms with Crippen LogP contribution in [0.1, 0.15) is 5.56 Å². The molecule has 0 atom stereocenters. The van der Waals surface area contributed by atoms with Crippen molar-refractivity contribution in [2.75, 3.05) is 55.4 Å². The van der Waals surface area contributed by atoms with E-state index in [0.29, 0.717) is 26.2 Å². The monoisotopic (exact) mass is 394 g/mol. The number of amides is 2. The van der Waals surface area contributed by atoms with Crippen LogP contribution in [0.25, 0.3) is 0 Å². The summed E-state index contributed by atoms with van der Waals surface area (Å²) >= 11 is 0. The largest absolute Gasteiger partial charge is 0.416 e. The predicted octanol–water partition coefficient (Wildman–Crippen LogP) is 2.92. The fraction of sp³-hybridized carbons (Fsp3) is 0.389. The second-order valence-corrected chi connectivity index (χ2v) is 6.65. The van der Waals surface area contributed by atoms with Crippen molar-refractivity contribution in [1.82, 2.24) is 15.1 Å². The maximum absolute atomic E-state index is 12.8. The number of aromatic nitrogens is 2. The second kappa shape index (κ2) is 7.91. The van der Waals surface area contributed by atoms with E-state index in [0.717, 1.165) is 23.6 Å². The Morgan fingerprint density at radius 2 is 1.86 bits per heavy atom. The summed E-state index contributed by atoms with van der Waals surface area (Å²) in [7, 11) is 3.76. The van der Waals surface area contributed by atoms with Crippen molar-refractivity contribution in [2.45, 2.75) is 6.18 Å². The number of nitrogens with one attached hydrogen (secondary N) is 1. The van der Waals surface area contributed by atoms with Crippen LogP contribution in [0, 0.1) is 0 Å². The molecule has 0 spiro atoms. The lowest BCUT2D eigenvalue weighted by molar-refractivity contribution is -0.137. The first-order chi connectivity index (χ1) is 13.2. The van der Waals surface area contributed by atoms with Crippen LogP contribution in [0.4, 0.5) is 35.2 Å². The average molecular weight is 394 g/mol. The normalized spacial score (nSPS) is 14.8. The molecule has 7 nitrogen and oxygen atoms in total. The Kier molecular flexibility index (Phi) is 5.57. The molecule has 1 saturated heterocycles. The molecule has 1 aromatic heterocycles.